The van der Waals surface area contributed by atoms with Crippen LogP contribution in [-0.4, -0.2) is 66.9 Å². The molecule has 1 atom stereocenters. The summed E-state index contributed by atoms with van der Waals surface area (Å²) >= 11 is 1.10. The molecular weight excluding hydrogens is 344 g/mol. The van der Waals surface area contributed by atoms with E-state index in [0.29, 0.717) is 30.0 Å². The highest BCUT2D eigenvalue weighted by atomic mass is 32.2. The predicted octanol–water partition coefficient (Wildman–Crippen LogP) is 1.48. The molecule has 0 aliphatic heterocycles. The Morgan fingerprint density at radius 1 is 1.32 bits per heavy atom. The Balaban J connectivity index is 2.69. The molecule has 1 rings (SSSR count). The zero-order valence-corrected chi connectivity index (χ0v) is 15.5. The number of amides is 2. The number of carboxylic acid groups (broad SMARTS) is 1. The molecule has 0 aliphatic carbocycles. The molecule has 0 saturated heterocycles. The van der Waals surface area contributed by atoms with Gasteiger partial charge in [0, 0.05) is 32.2 Å². The van der Waals surface area contributed by atoms with E-state index in [0.717, 1.165) is 11.8 Å². The van der Waals surface area contributed by atoms with Crippen LogP contribution in [0.1, 0.15) is 23.7 Å². The van der Waals surface area contributed by atoms with Crippen LogP contribution in [0.3, 0.4) is 0 Å². The molecule has 1 aromatic rings. The zero-order chi connectivity index (χ0) is 18.8. The minimum Gasteiger partial charge on any atom is -0.480 e. The first kappa shape index (κ1) is 21.0. The van der Waals surface area contributed by atoms with E-state index in [-0.39, 0.29) is 18.4 Å². The molecule has 1 unspecified atom stereocenters. The van der Waals surface area contributed by atoms with Crippen LogP contribution in [0.25, 0.3) is 0 Å². The van der Waals surface area contributed by atoms with Crippen molar-refractivity contribution in [3.05, 3.63) is 29.8 Å². The SMILES string of the molecule is COCCCNC(=O)CN(C)C(=O)c1ccccc1SC(C)C(=O)O. The fraction of sp³-hybridized carbons (Fsp3) is 0.471. The number of hydrogen-bond acceptors (Lipinski definition) is 5. The van der Waals surface area contributed by atoms with Crippen LogP contribution in [0.2, 0.25) is 0 Å². The van der Waals surface area contributed by atoms with Gasteiger partial charge in [-0.1, -0.05) is 12.1 Å². The highest BCUT2D eigenvalue weighted by molar-refractivity contribution is 8.00. The first-order chi connectivity index (χ1) is 11.9. The van der Waals surface area contributed by atoms with E-state index >= 15 is 0 Å². The second-order valence-corrected chi connectivity index (χ2v) is 6.83. The summed E-state index contributed by atoms with van der Waals surface area (Å²) in [6.07, 6.45) is 0.701. The lowest BCUT2D eigenvalue weighted by Crippen LogP contribution is -2.39. The van der Waals surface area contributed by atoms with Gasteiger partial charge in [0.25, 0.3) is 5.91 Å². The van der Waals surface area contributed by atoms with Gasteiger partial charge < -0.3 is 20.1 Å². The van der Waals surface area contributed by atoms with E-state index < -0.39 is 11.2 Å². The Kier molecular flexibility index (Phi) is 9.01. The van der Waals surface area contributed by atoms with Gasteiger partial charge in [0.05, 0.1) is 12.1 Å². The average molecular weight is 368 g/mol. The van der Waals surface area contributed by atoms with Gasteiger partial charge in [-0.2, -0.15) is 0 Å². The average Bonchev–Trinajstić information content (AvgIpc) is 2.58. The number of thioether (sulfide) groups is 1. The number of aliphatic carboxylic acids is 1. The van der Waals surface area contributed by atoms with E-state index in [9.17, 15) is 14.4 Å². The summed E-state index contributed by atoms with van der Waals surface area (Å²) in [5.41, 5.74) is 0.385. The van der Waals surface area contributed by atoms with Crippen molar-refractivity contribution in [2.45, 2.75) is 23.5 Å². The van der Waals surface area contributed by atoms with Crippen molar-refractivity contribution < 1.29 is 24.2 Å². The molecule has 0 saturated carbocycles. The summed E-state index contributed by atoms with van der Waals surface area (Å²) in [4.78, 5) is 37.4. The van der Waals surface area contributed by atoms with Crippen LogP contribution < -0.4 is 5.32 Å². The molecule has 0 heterocycles. The van der Waals surface area contributed by atoms with Crippen molar-refractivity contribution in [2.24, 2.45) is 0 Å². The number of methoxy groups -OCH3 is 1. The second-order valence-electron chi connectivity index (χ2n) is 5.45. The third-order valence-electron chi connectivity index (χ3n) is 3.34. The molecule has 8 heteroatoms. The molecule has 1 aromatic carbocycles. The Hall–Kier alpha value is -2.06. The maximum atomic E-state index is 12.6. The standard InChI is InChI=1S/C17H24N2O5S/c1-12(17(22)23)25-14-8-5-4-7-13(14)16(21)19(2)11-15(20)18-9-6-10-24-3/h4-5,7-8,12H,6,9-11H2,1-3H3,(H,18,20)(H,22,23). The van der Waals surface area contributed by atoms with Gasteiger partial charge in [0.15, 0.2) is 0 Å². The number of likely N-dealkylation sites (N-methyl/N-ethyl adjacent to an activating group) is 1. The number of carboxylic acids is 1. The second kappa shape index (κ2) is 10.7. The molecule has 2 N–H and O–H groups in total. The van der Waals surface area contributed by atoms with E-state index in [1.807, 2.05) is 0 Å². The van der Waals surface area contributed by atoms with Crippen molar-refractivity contribution in [2.75, 3.05) is 33.9 Å². The van der Waals surface area contributed by atoms with Crippen LogP contribution in [0.5, 0.6) is 0 Å². The Labute approximate surface area is 151 Å². The topological polar surface area (TPSA) is 95.9 Å². The van der Waals surface area contributed by atoms with E-state index in [4.69, 9.17) is 9.84 Å². The van der Waals surface area contributed by atoms with Gasteiger partial charge in [-0.15, -0.1) is 11.8 Å². The number of carbonyl (C=O) groups is 3. The predicted molar refractivity (Wildman–Crippen MR) is 95.9 cm³/mol. The van der Waals surface area contributed by atoms with Gasteiger partial charge >= 0.3 is 5.97 Å². The maximum Gasteiger partial charge on any atom is 0.316 e. The molecule has 0 bridgehead atoms. The monoisotopic (exact) mass is 368 g/mol. The van der Waals surface area contributed by atoms with Gasteiger partial charge in [0.1, 0.15) is 5.25 Å². The summed E-state index contributed by atoms with van der Waals surface area (Å²) < 4.78 is 4.90. The van der Waals surface area contributed by atoms with Crippen LogP contribution in [-0.2, 0) is 14.3 Å². The Bertz CT molecular complexity index is 608. The highest BCUT2D eigenvalue weighted by Crippen LogP contribution is 2.27. The smallest absolute Gasteiger partial charge is 0.316 e. The summed E-state index contributed by atoms with van der Waals surface area (Å²) in [5, 5.41) is 11.1. The van der Waals surface area contributed by atoms with E-state index in [1.54, 1.807) is 45.3 Å². The first-order valence-electron chi connectivity index (χ1n) is 7.86. The van der Waals surface area contributed by atoms with Crippen molar-refractivity contribution in [1.29, 1.82) is 0 Å². The van der Waals surface area contributed by atoms with Gasteiger partial charge in [-0.25, -0.2) is 0 Å². The lowest BCUT2D eigenvalue weighted by molar-refractivity contribution is -0.136. The molecule has 0 aromatic heterocycles. The van der Waals surface area contributed by atoms with Crippen LogP contribution >= 0.6 is 11.8 Å². The van der Waals surface area contributed by atoms with Crippen molar-refractivity contribution in [3.8, 4) is 0 Å². The summed E-state index contributed by atoms with van der Waals surface area (Å²) in [6.45, 7) is 2.53. The Morgan fingerprint density at radius 2 is 2.00 bits per heavy atom. The van der Waals surface area contributed by atoms with Gasteiger partial charge in [0.2, 0.25) is 5.91 Å². The van der Waals surface area contributed by atoms with Gasteiger partial charge in [-0.3, -0.25) is 14.4 Å². The number of carbonyl (C=O) groups excluding carboxylic acids is 2. The summed E-state index contributed by atoms with van der Waals surface area (Å²) in [5.74, 6) is -1.53. The third-order valence-corrected chi connectivity index (χ3v) is 4.51. The normalized spacial score (nSPS) is 11.6. The van der Waals surface area contributed by atoms with Crippen LogP contribution in [0.4, 0.5) is 0 Å². The number of ether oxygens (including phenoxy) is 1. The van der Waals surface area contributed by atoms with E-state index in [1.165, 1.54) is 4.90 Å². The number of nitrogens with zero attached hydrogens (tertiary/aromatic N) is 1. The highest BCUT2D eigenvalue weighted by Gasteiger charge is 2.21. The fourth-order valence-electron chi connectivity index (χ4n) is 1.98. The molecule has 0 aliphatic rings. The molecule has 138 valence electrons. The third kappa shape index (κ3) is 7.15. The van der Waals surface area contributed by atoms with Crippen LogP contribution in [0.15, 0.2) is 29.2 Å². The van der Waals surface area contributed by atoms with Crippen molar-refractivity contribution in [1.82, 2.24) is 10.2 Å². The largest absolute Gasteiger partial charge is 0.480 e. The molecule has 2 amide bonds. The molecule has 25 heavy (non-hydrogen) atoms. The molecular formula is C17H24N2O5S. The summed E-state index contributed by atoms with van der Waals surface area (Å²) in [6, 6.07) is 6.79. The van der Waals surface area contributed by atoms with Crippen molar-refractivity contribution >= 4 is 29.5 Å². The molecule has 0 radical (unpaired) electrons. The molecule has 0 spiro atoms. The van der Waals surface area contributed by atoms with Crippen LogP contribution in [0, 0.1) is 0 Å². The zero-order valence-electron chi connectivity index (χ0n) is 14.7. The fourth-order valence-corrected chi connectivity index (χ4v) is 2.90. The quantitative estimate of drug-likeness (QED) is 0.480. The number of nitrogens with one attached hydrogen (secondary N) is 1. The number of rotatable bonds is 10. The van der Waals surface area contributed by atoms with Crippen molar-refractivity contribution in [3.63, 3.8) is 0 Å². The van der Waals surface area contributed by atoms with Gasteiger partial charge in [-0.05, 0) is 25.5 Å². The van der Waals surface area contributed by atoms with E-state index in [2.05, 4.69) is 5.32 Å². The summed E-state index contributed by atoms with van der Waals surface area (Å²) in [7, 11) is 3.13. The Morgan fingerprint density at radius 3 is 2.64 bits per heavy atom. The minimum absolute atomic E-state index is 0.0701. The first-order valence-corrected chi connectivity index (χ1v) is 8.74. The molecule has 0 fully saturated rings. The lowest BCUT2D eigenvalue weighted by atomic mass is 10.2. The maximum absolute atomic E-state index is 12.6. The lowest BCUT2D eigenvalue weighted by Gasteiger charge is -2.19. The molecule has 7 nitrogen and oxygen atoms in total. The minimum atomic E-state index is -0.948. The number of benzene rings is 1. The number of hydrogen-bond donors (Lipinski definition) is 2.